The Kier molecular flexibility index (Phi) is 6.92. The molecule has 6 heteroatoms. The predicted molar refractivity (Wildman–Crippen MR) is 86.3 cm³/mol. The van der Waals surface area contributed by atoms with Crippen LogP contribution in [0.2, 0.25) is 0 Å². The highest BCUT2D eigenvalue weighted by atomic mass is 32.2. The smallest absolute Gasteiger partial charge is 0.279 e. The maximum Gasteiger partial charge on any atom is 0.279 e. The fraction of sp³-hybridized carbons (Fsp3) is 1.00. The van der Waals surface area contributed by atoms with Crippen molar-refractivity contribution in [2.75, 3.05) is 32.7 Å². The summed E-state index contributed by atoms with van der Waals surface area (Å²) in [6.07, 6.45) is 7.96. The molecule has 1 aliphatic heterocycles. The Hall–Kier alpha value is -0.170. The van der Waals surface area contributed by atoms with Crippen molar-refractivity contribution in [1.82, 2.24) is 14.3 Å². The van der Waals surface area contributed by atoms with Gasteiger partial charge in [0.25, 0.3) is 10.2 Å². The number of piperidine rings is 1. The average molecular weight is 317 g/mol. The largest absolute Gasteiger partial charge is 0.316 e. The molecule has 0 bridgehead atoms. The second-order valence-electron chi connectivity index (χ2n) is 6.53. The Balaban J connectivity index is 1.64. The van der Waals surface area contributed by atoms with Gasteiger partial charge in [-0.3, -0.25) is 0 Å². The number of hydrogen-bond donors (Lipinski definition) is 2. The van der Waals surface area contributed by atoms with E-state index in [9.17, 15) is 8.42 Å². The van der Waals surface area contributed by atoms with Crippen molar-refractivity contribution in [3.05, 3.63) is 0 Å². The Morgan fingerprint density at radius 2 is 1.76 bits per heavy atom. The summed E-state index contributed by atoms with van der Waals surface area (Å²) in [6.45, 7) is 6.18. The molecule has 1 saturated carbocycles. The first kappa shape index (κ1) is 17.2. The van der Waals surface area contributed by atoms with Crippen LogP contribution in [0.15, 0.2) is 0 Å². The molecular weight excluding hydrogens is 286 g/mol. The third-order valence-electron chi connectivity index (χ3n) is 4.83. The van der Waals surface area contributed by atoms with Crippen LogP contribution in [-0.2, 0) is 10.2 Å². The molecule has 0 atom stereocenters. The fourth-order valence-electron chi connectivity index (χ4n) is 3.10. The minimum atomic E-state index is -3.25. The average Bonchev–Trinajstić information content (AvgIpc) is 2.42. The van der Waals surface area contributed by atoms with Gasteiger partial charge in [0, 0.05) is 19.6 Å². The predicted octanol–water partition coefficient (Wildman–Crippen LogP) is 1.72. The number of nitrogens with zero attached hydrogens (tertiary/aromatic N) is 1. The lowest BCUT2D eigenvalue weighted by Gasteiger charge is -2.32. The summed E-state index contributed by atoms with van der Waals surface area (Å²) in [5.41, 5.74) is 0. The topological polar surface area (TPSA) is 61.4 Å². The number of nitrogens with one attached hydrogen (secondary N) is 2. The van der Waals surface area contributed by atoms with Crippen LogP contribution in [0.4, 0.5) is 0 Å². The quantitative estimate of drug-likeness (QED) is 0.637. The van der Waals surface area contributed by atoms with Crippen LogP contribution < -0.4 is 10.0 Å². The van der Waals surface area contributed by atoms with E-state index < -0.39 is 10.2 Å². The minimum absolute atomic E-state index is 0.602. The summed E-state index contributed by atoms with van der Waals surface area (Å²) in [5, 5.41) is 3.43. The van der Waals surface area contributed by atoms with Crippen molar-refractivity contribution in [3.8, 4) is 0 Å². The highest BCUT2D eigenvalue weighted by Crippen LogP contribution is 2.28. The maximum absolute atomic E-state index is 12.2. The third kappa shape index (κ3) is 5.51. The number of hydrogen-bond acceptors (Lipinski definition) is 3. The summed E-state index contributed by atoms with van der Waals surface area (Å²) in [7, 11) is -3.25. The molecule has 0 aromatic heterocycles. The summed E-state index contributed by atoms with van der Waals surface area (Å²) < 4.78 is 28.9. The van der Waals surface area contributed by atoms with Gasteiger partial charge in [-0.05, 0) is 50.6 Å². The fourth-order valence-corrected chi connectivity index (χ4v) is 4.35. The summed E-state index contributed by atoms with van der Waals surface area (Å²) in [5.74, 6) is 1.38. The lowest BCUT2D eigenvalue weighted by atomic mass is 9.83. The molecule has 5 nitrogen and oxygen atoms in total. The Morgan fingerprint density at radius 3 is 2.33 bits per heavy atom. The van der Waals surface area contributed by atoms with Crippen LogP contribution in [0.3, 0.4) is 0 Å². The van der Waals surface area contributed by atoms with Gasteiger partial charge in [-0.2, -0.15) is 12.7 Å². The van der Waals surface area contributed by atoms with E-state index in [1.165, 1.54) is 19.3 Å². The van der Waals surface area contributed by atoms with E-state index in [0.29, 0.717) is 25.6 Å². The van der Waals surface area contributed by atoms with Crippen LogP contribution in [0.25, 0.3) is 0 Å². The van der Waals surface area contributed by atoms with Gasteiger partial charge in [-0.15, -0.1) is 0 Å². The van der Waals surface area contributed by atoms with Crippen molar-refractivity contribution in [3.63, 3.8) is 0 Å². The Morgan fingerprint density at radius 1 is 1.05 bits per heavy atom. The molecule has 1 heterocycles. The van der Waals surface area contributed by atoms with Crippen molar-refractivity contribution >= 4 is 10.2 Å². The van der Waals surface area contributed by atoms with Crippen molar-refractivity contribution in [2.45, 2.75) is 51.9 Å². The lowest BCUT2D eigenvalue weighted by Crippen LogP contribution is -2.46. The molecule has 2 aliphatic rings. The van der Waals surface area contributed by atoms with Crippen molar-refractivity contribution in [1.29, 1.82) is 0 Å². The van der Waals surface area contributed by atoms with Crippen LogP contribution in [0.5, 0.6) is 0 Å². The standard InChI is InChI=1S/C15H31N3O2S/c1-2-9-16-13-15-7-11-18(12-8-15)21(19,20)17-10-6-14-4-3-5-14/h14-17H,2-13H2,1H3. The molecule has 2 N–H and O–H groups in total. The molecule has 1 saturated heterocycles. The van der Waals surface area contributed by atoms with Gasteiger partial charge in [0.15, 0.2) is 0 Å². The van der Waals surface area contributed by atoms with Gasteiger partial charge < -0.3 is 5.32 Å². The van der Waals surface area contributed by atoms with Crippen molar-refractivity contribution < 1.29 is 8.42 Å². The first-order chi connectivity index (χ1) is 10.1. The van der Waals surface area contributed by atoms with Gasteiger partial charge in [-0.1, -0.05) is 26.2 Å². The molecule has 2 rings (SSSR count). The zero-order valence-electron chi connectivity index (χ0n) is 13.3. The Bertz CT molecular complexity index is 388. The minimum Gasteiger partial charge on any atom is -0.316 e. The van der Waals surface area contributed by atoms with E-state index in [0.717, 1.165) is 44.7 Å². The maximum atomic E-state index is 12.2. The molecule has 1 aliphatic carbocycles. The zero-order chi connectivity index (χ0) is 15.1. The molecule has 0 radical (unpaired) electrons. The van der Waals surface area contributed by atoms with Crippen LogP contribution in [0, 0.1) is 11.8 Å². The lowest BCUT2D eigenvalue weighted by molar-refractivity contribution is 0.263. The normalized spacial score (nSPS) is 22.3. The first-order valence-electron chi connectivity index (χ1n) is 8.57. The highest BCUT2D eigenvalue weighted by Gasteiger charge is 2.27. The number of rotatable bonds is 9. The zero-order valence-corrected chi connectivity index (χ0v) is 14.1. The van der Waals surface area contributed by atoms with E-state index in [4.69, 9.17) is 0 Å². The summed E-state index contributed by atoms with van der Waals surface area (Å²) >= 11 is 0. The monoisotopic (exact) mass is 317 g/mol. The highest BCUT2D eigenvalue weighted by molar-refractivity contribution is 7.87. The van der Waals surface area contributed by atoms with Crippen LogP contribution >= 0.6 is 0 Å². The molecule has 0 aromatic rings. The molecular formula is C15H31N3O2S. The molecule has 0 spiro atoms. The summed E-state index contributed by atoms with van der Waals surface area (Å²) in [6, 6.07) is 0. The van der Waals surface area contributed by atoms with Crippen LogP contribution in [-0.4, -0.2) is 45.4 Å². The van der Waals surface area contributed by atoms with Crippen LogP contribution in [0.1, 0.15) is 51.9 Å². The van der Waals surface area contributed by atoms with Gasteiger partial charge >= 0.3 is 0 Å². The molecule has 0 unspecified atom stereocenters. The first-order valence-corrected chi connectivity index (χ1v) is 10.0. The van der Waals surface area contributed by atoms with E-state index in [1.807, 2.05) is 0 Å². The van der Waals surface area contributed by atoms with E-state index in [1.54, 1.807) is 4.31 Å². The SMILES string of the molecule is CCCNCC1CCN(S(=O)(=O)NCCC2CCC2)CC1. The summed E-state index contributed by atoms with van der Waals surface area (Å²) in [4.78, 5) is 0. The van der Waals surface area contributed by atoms with E-state index in [-0.39, 0.29) is 0 Å². The van der Waals surface area contributed by atoms with Gasteiger partial charge in [0.2, 0.25) is 0 Å². The van der Waals surface area contributed by atoms with Crippen molar-refractivity contribution in [2.24, 2.45) is 11.8 Å². The second-order valence-corrected chi connectivity index (χ2v) is 8.29. The van der Waals surface area contributed by atoms with E-state index in [2.05, 4.69) is 17.0 Å². The molecule has 0 aromatic carbocycles. The third-order valence-corrected chi connectivity index (χ3v) is 6.45. The molecule has 2 fully saturated rings. The van der Waals surface area contributed by atoms with Gasteiger partial charge in [-0.25, -0.2) is 4.72 Å². The van der Waals surface area contributed by atoms with E-state index >= 15 is 0 Å². The molecule has 0 amide bonds. The molecule has 21 heavy (non-hydrogen) atoms. The van der Waals surface area contributed by atoms with Gasteiger partial charge in [0.05, 0.1) is 0 Å². The Labute approximate surface area is 130 Å². The molecule has 124 valence electrons. The van der Waals surface area contributed by atoms with Gasteiger partial charge in [0.1, 0.15) is 0 Å². The second kappa shape index (κ2) is 8.46.